The molecule has 1 aromatic rings. The Balaban J connectivity index is 1.57. The van der Waals surface area contributed by atoms with E-state index in [2.05, 4.69) is 0 Å². The van der Waals surface area contributed by atoms with E-state index in [1.54, 1.807) is 23.1 Å². The summed E-state index contributed by atoms with van der Waals surface area (Å²) in [5, 5.41) is 0.232. The number of carbonyl (C=O) groups is 1. The molecule has 0 spiro atoms. The first-order chi connectivity index (χ1) is 12.5. The van der Waals surface area contributed by atoms with Crippen molar-refractivity contribution in [3.05, 3.63) is 29.3 Å². The molecule has 6 nitrogen and oxygen atoms in total. The van der Waals surface area contributed by atoms with Gasteiger partial charge in [-0.05, 0) is 37.8 Å². The molecule has 0 radical (unpaired) electrons. The van der Waals surface area contributed by atoms with Crippen LogP contribution in [0.4, 0.5) is 0 Å². The second-order valence-electron chi connectivity index (χ2n) is 7.06. The number of rotatable bonds is 4. The zero-order valence-corrected chi connectivity index (χ0v) is 16.6. The first-order valence-corrected chi connectivity index (χ1v) is 11.2. The predicted octanol–water partition coefficient (Wildman–Crippen LogP) is 0.632. The molecule has 0 bridgehead atoms. The molecule has 2 aliphatic rings. The maximum absolute atomic E-state index is 12.8. The molecule has 2 heterocycles. The van der Waals surface area contributed by atoms with Crippen molar-refractivity contribution in [3.8, 4) is 0 Å². The Kier molecular flexibility index (Phi) is 6.55. The van der Waals surface area contributed by atoms with Gasteiger partial charge in [-0.3, -0.25) is 4.79 Å². The van der Waals surface area contributed by atoms with Crippen molar-refractivity contribution >= 4 is 27.5 Å². The molecule has 2 saturated heterocycles. The monoisotopic (exact) mass is 400 g/mol. The molecule has 2 fully saturated rings. The van der Waals surface area contributed by atoms with Gasteiger partial charge < -0.3 is 9.80 Å². The molecule has 0 saturated carbocycles. The van der Waals surface area contributed by atoms with Gasteiger partial charge in [-0.1, -0.05) is 23.7 Å². The van der Waals surface area contributed by atoms with E-state index in [1.807, 2.05) is 0 Å². The van der Waals surface area contributed by atoms with Crippen LogP contribution in [-0.2, 0) is 14.8 Å². The van der Waals surface area contributed by atoms with E-state index in [0.717, 1.165) is 13.1 Å². The van der Waals surface area contributed by atoms with E-state index in [4.69, 9.17) is 11.6 Å². The van der Waals surface area contributed by atoms with Crippen LogP contribution in [0.1, 0.15) is 25.7 Å². The fraction of sp³-hybridized carbons (Fsp3) is 0.611. The van der Waals surface area contributed by atoms with Crippen LogP contribution in [0.5, 0.6) is 0 Å². The number of sulfonamides is 1. The highest BCUT2D eigenvalue weighted by molar-refractivity contribution is 7.89. The molecule has 0 aromatic heterocycles. The lowest BCUT2D eigenvalue weighted by atomic mass is 10.2. The molecule has 2 aliphatic heterocycles. The molecule has 0 atom stereocenters. The van der Waals surface area contributed by atoms with Crippen LogP contribution in [0, 0.1) is 0 Å². The molecule has 0 aliphatic carbocycles. The number of nitrogens with one attached hydrogen (secondary N) is 1. The molecule has 8 heteroatoms. The van der Waals surface area contributed by atoms with Crippen LogP contribution < -0.4 is 4.90 Å². The molecule has 26 heavy (non-hydrogen) atoms. The fourth-order valence-electron chi connectivity index (χ4n) is 3.70. The topological polar surface area (TPSA) is 62.1 Å². The van der Waals surface area contributed by atoms with Gasteiger partial charge in [0.15, 0.2) is 6.54 Å². The number of benzene rings is 1. The molecule has 1 aromatic carbocycles. The SMILES string of the molecule is O=C(C[NH+]1CCCCCC1)N1CCN(S(=O)(=O)c2ccccc2Cl)CC1. The average Bonchev–Trinajstić information content (AvgIpc) is 2.90. The van der Waals surface area contributed by atoms with Crippen molar-refractivity contribution in [1.29, 1.82) is 0 Å². The fourth-order valence-corrected chi connectivity index (χ4v) is 5.62. The minimum absolute atomic E-state index is 0.135. The highest BCUT2D eigenvalue weighted by Crippen LogP contribution is 2.24. The maximum atomic E-state index is 12.8. The van der Waals surface area contributed by atoms with Crippen molar-refractivity contribution in [1.82, 2.24) is 9.21 Å². The molecule has 144 valence electrons. The van der Waals surface area contributed by atoms with Gasteiger partial charge >= 0.3 is 0 Å². The van der Waals surface area contributed by atoms with Gasteiger partial charge in [0.25, 0.3) is 5.91 Å². The summed E-state index contributed by atoms with van der Waals surface area (Å²) in [7, 11) is -3.62. The Hall–Kier alpha value is -1.15. The van der Waals surface area contributed by atoms with Gasteiger partial charge in [-0.2, -0.15) is 4.31 Å². The quantitative estimate of drug-likeness (QED) is 0.806. The van der Waals surface area contributed by atoms with Crippen molar-refractivity contribution in [2.45, 2.75) is 30.6 Å². The van der Waals surface area contributed by atoms with Crippen LogP contribution in [0.15, 0.2) is 29.2 Å². The predicted molar refractivity (Wildman–Crippen MR) is 101 cm³/mol. The second-order valence-corrected chi connectivity index (χ2v) is 9.37. The van der Waals surface area contributed by atoms with E-state index >= 15 is 0 Å². The number of carbonyl (C=O) groups excluding carboxylic acids is 1. The smallest absolute Gasteiger partial charge is 0.277 e. The summed E-state index contributed by atoms with van der Waals surface area (Å²) in [6, 6.07) is 6.49. The van der Waals surface area contributed by atoms with Crippen LogP contribution >= 0.6 is 11.6 Å². The summed E-state index contributed by atoms with van der Waals surface area (Å²) in [5.74, 6) is 0.136. The summed E-state index contributed by atoms with van der Waals surface area (Å²) in [6.07, 6.45) is 4.89. The lowest BCUT2D eigenvalue weighted by Gasteiger charge is -2.34. The highest BCUT2D eigenvalue weighted by Gasteiger charge is 2.32. The molecular formula is C18H27ClN3O3S+. The maximum Gasteiger partial charge on any atom is 0.277 e. The van der Waals surface area contributed by atoms with Crippen molar-refractivity contribution in [2.24, 2.45) is 0 Å². The summed E-state index contributed by atoms with van der Waals surface area (Å²) in [5.41, 5.74) is 0. The number of quaternary nitrogens is 1. The average molecular weight is 401 g/mol. The number of likely N-dealkylation sites (tertiary alicyclic amines) is 1. The number of amides is 1. The number of piperazine rings is 1. The van der Waals surface area contributed by atoms with Gasteiger partial charge in [-0.25, -0.2) is 8.42 Å². The lowest BCUT2D eigenvalue weighted by molar-refractivity contribution is -0.891. The summed E-state index contributed by atoms with van der Waals surface area (Å²) in [6.45, 7) is 4.16. The Morgan fingerprint density at radius 2 is 1.62 bits per heavy atom. The Bertz CT molecular complexity index is 725. The third-order valence-electron chi connectivity index (χ3n) is 5.26. The summed E-state index contributed by atoms with van der Waals surface area (Å²) < 4.78 is 27.0. The van der Waals surface area contributed by atoms with Gasteiger partial charge in [0, 0.05) is 26.2 Å². The molecule has 1 N–H and O–H groups in total. The third kappa shape index (κ3) is 4.57. The zero-order valence-electron chi connectivity index (χ0n) is 15.0. The first kappa shape index (κ1) is 19.6. The second kappa shape index (κ2) is 8.69. The van der Waals surface area contributed by atoms with Crippen molar-refractivity contribution in [3.63, 3.8) is 0 Å². The minimum atomic E-state index is -3.62. The van der Waals surface area contributed by atoms with E-state index in [1.165, 1.54) is 41.0 Å². The number of hydrogen-bond acceptors (Lipinski definition) is 3. The van der Waals surface area contributed by atoms with Gasteiger partial charge in [0.05, 0.1) is 18.1 Å². The van der Waals surface area contributed by atoms with Crippen LogP contribution in [0.25, 0.3) is 0 Å². The Morgan fingerprint density at radius 1 is 1.00 bits per heavy atom. The Morgan fingerprint density at radius 3 is 2.23 bits per heavy atom. The summed E-state index contributed by atoms with van der Waals surface area (Å²) in [4.78, 5) is 15.9. The molecule has 0 unspecified atom stereocenters. The zero-order chi connectivity index (χ0) is 18.6. The normalized spacial score (nSPS) is 20.7. The van der Waals surface area contributed by atoms with Crippen LogP contribution in [0.2, 0.25) is 5.02 Å². The largest absolute Gasteiger partial charge is 0.335 e. The standard InChI is InChI=1S/C18H26ClN3O3S/c19-16-7-3-4-8-17(16)26(24,25)22-13-11-21(12-14-22)18(23)15-20-9-5-1-2-6-10-20/h3-4,7-8H,1-2,5-6,9-15H2/p+1. The van der Waals surface area contributed by atoms with Crippen LogP contribution in [-0.4, -0.2) is 69.3 Å². The molecule has 1 amide bonds. The van der Waals surface area contributed by atoms with E-state index in [0.29, 0.717) is 32.7 Å². The van der Waals surface area contributed by atoms with Gasteiger partial charge in [-0.15, -0.1) is 0 Å². The summed E-state index contributed by atoms with van der Waals surface area (Å²) >= 11 is 6.06. The number of hydrogen-bond donors (Lipinski definition) is 1. The Labute approximate surface area is 160 Å². The molecule has 3 rings (SSSR count). The van der Waals surface area contributed by atoms with E-state index in [-0.39, 0.29) is 15.8 Å². The van der Waals surface area contributed by atoms with E-state index in [9.17, 15) is 13.2 Å². The van der Waals surface area contributed by atoms with Gasteiger partial charge in [0.1, 0.15) is 4.90 Å². The van der Waals surface area contributed by atoms with Crippen molar-refractivity contribution < 1.29 is 18.1 Å². The highest BCUT2D eigenvalue weighted by atomic mass is 35.5. The minimum Gasteiger partial charge on any atom is -0.335 e. The third-order valence-corrected chi connectivity index (χ3v) is 7.66. The van der Waals surface area contributed by atoms with E-state index < -0.39 is 10.0 Å². The number of nitrogens with zero attached hydrogens (tertiary/aromatic N) is 2. The first-order valence-electron chi connectivity index (χ1n) is 9.34. The van der Waals surface area contributed by atoms with Crippen molar-refractivity contribution in [2.75, 3.05) is 45.8 Å². The molecular weight excluding hydrogens is 374 g/mol. The van der Waals surface area contributed by atoms with Crippen LogP contribution in [0.3, 0.4) is 0 Å². The lowest BCUT2D eigenvalue weighted by Crippen LogP contribution is -3.13. The van der Waals surface area contributed by atoms with Gasteiger partial charge in [0.2, 0.25) is 10.0 Å². The number of halogens is 1.